The summed E-state index contributed by atoms with van der Waals surface area (Å²) >= 11 is 0. The molecule has 1 heterocycles. The second-order valence-corrected chi connectivity index (χ2v) is 6.98. The van der Waals surface area contributed by atoms with Gasteiger partial charge in [0.2, 0.25) is 0 Å². The number of hydrogen-bond acceptors (Lipinski definition) is 4. The molecule has 0 amide bonds. The summed E-state index contributed by atoms with van der Waals surface area (Å²) < 4.78 is 0. The molecule has 0 aliphatic carbocycles. The first-order valence-electron chi connectivity index (χ1n) is 10.0. The molecule has 30 heavy (non-hydrogen) atoms. The number of fused-ring (bicyclic) bond motifs is 1. The quantitative estimate of drug-likeness (QED) is 0.441. The number of nitriles is 2. The van der Waals surface area contributed by atoms with Crippen LogP contribution in [0.2, 0.25) is 0 Å². The van der Waals surface area contributed by atoms with Gasteiger partial charge in [-0.05, 0) is 24.0 Å². The van der Waals surface area contributed by atoms with Crippen LogP contribution in [0.15, 0.2) is 60.7 Å². The summed E-state index contributed by atoms with van der Waals surface area (Å²) in [5, 5.41) is 20.2. The van der Waals surface area contributed by atoms with Crippen LogP contribution < -0.4 is 0 Å². The number of aryl methyl sites for hydroxylation is 2. The molecule has 0 N–H and O–H groups in total. The first-order chi connectivity index (χ1) is 14.7. The maximum absolute atomic E-state index is 10.1. The first-order valence-corrected chi connectivity index (χ1v) is 10.0. The largest absolute Gasteiger partial charge is 0.249 e. The zero-order valence-electron chi connectivity index (χ0n) is 17.0. The Labute approximate surface area is 176 Å². The number of aromatic nitrogens is 2. The zero-order valence-corrected chi connectivity index (χ0v) is 17.0. The van der Waals surface area contributed by atoms with E-state index >= 15 is 0 Å². The van der Waals surface area contributed by atoms with Gasteiger partial charge in [-0.3, -0.25) is 0 Å². The van der Waals surface area contributed by atoms with E-state index in [4.69, 9.17) is 9.97 Å². The fourth-order valence-electron chi connectivity index (χ4n) is 3.90. The lowest BCUT2D eigenvalue weighted by Crippen LogP contribution is -2.06. The van der Waals surface area contributed by atoms with Crippen LogP contribution in [0.3, 0.4) is 0 Å². The Balaban J connectivity index is 2.28. The van der Waals surface area contributed by atoms with Crippen LogP contribution in [0.1, 0.15) is 36.4 Å². The van der Waals surface area contributed by atoms with Gasteiger partial charge in [0.05, 0.1) is 33.5 Å². The number of benzene rings is 3. The minimum absolute atomic E-state index is 0.343. The summed E-state index contributed by atoms with van der Waals surface area (Å²) in [6, 6.07) is 23.9. The van der Waals surface area contributed by atoms with Crippen molar-refractivity contribution >= 4 is 11.0 Å². The van der Waals surface area contributed by atoms with E-state index in [0.29, 0.717) is 33.3 Å². The van der Waals surface area contributed by atoms with Crippen LogP contribution in [0.4, 0.5) is 0 Å². The molecule has 3 aromatic carbocycles. The van der Waals surface area contributed by atoms with Crippen molar-refractivity contribution in [1.82, 2.24) is 9.97 Å². The van der Waals surface area contributed by atoms with Gasteiger partial charge in [0.25, 0.3) is 0 Å². The Hall–Kier alpha value is -4.02. The average Bonchev–Trinajstić information content (AvgIpc) is 2.82. The Morgan fingerprint density at radius 1 is 0.633 bits per heavy atom. The Morgan fingerprint density at radius 2 is 1.00 bits per heavy atom. The zero-order chi connectivity index (χ0) is 21.1. The van der Waals surface area contributed by atoms with Crippen molar-refractivity contribution in [3.63, 3.8) is 0 Å². The molecule has 0 radical (unpaired) electrons. The standard InChI is InChI=1S/C26H20N4/c1-3-21-22(4-2)30-26-24(18-13-9-6-10-14-18)20(16-28)19(15-27)23(25(26)29-21)17-11-7-5-8-12-17/h5-14H,3-4H2,1-2H3. The highest BCUT2D eigenvalue weighted by molar-refractivity contribution is 6.06. The second-order valence-electron chi connectivity index (χ2n) is 6.98. The van der Waals surface area contributed by atoms with Crippen molar-refractivity contribution in [2.45, 2.75) is 26.7 Å². The molecule has 0 spiro atoms. The fourth-order valence-corrected chi connectivity index (χ4v) is 3.90. The molecule has 0 fully saturated rings. The average molecular weight is 388 g/mol. The van der Waals surface area contributed by atoms with Crippen molar-refractivity contribution < 1.29 is 0 Å². The summed E-state index contributed by atoms with van der Waals surface area (Å²) in [6.45, 7) is 4.12. The molecule has 0 saturated heterocycles. The van der Waals surface area contributed by atoms with E-state index in [1.54, 1.807) is 0 Å². The fraction of sp³-hybridized carbons (Fsp3) is 0.154. The molecule has 0 unspecified atom stereocenters. The normalized spacial score (nSPS) is 10.5. The summed E-state index contributed by atoms with van der Waals surface area (Å²) in [5.74, 6) is 0. The lowest BCUT2D eigenvalue weighted by Gasteiger charge is -2.17. The van der Waals surface area contributed by atoms with Gasteiger partial charge in [-0.1, -0.05) is 74.5 Å². The van der Waals surface area contributed by atoms with Gasteiger partial charge < -0.3 is 0 Å². The number of hydrogen-bond donors (Lipinski definition) is 0. The maximum atomic E-state index is 10.1. The summed E-state index contributed by atoms with van der Waals surface area (Å²) in [7, 11) is 0. The number of nitrogens with zero attached hydrogens (tertiary/aromatic N) is 4. The van der Waals surface area contributed by atoms with Crippen LogP contribution in [0.5, 0.6) is 0 Å². The highest BCUT2D eigenvalue weighted by Crippen LogP contribution is 2.40. The van der Waals surface area contributed by atoms with Gasteiger partial charge in [-0.15, -0.1) is 0 Å². The molecule has 4 heteroatoms. The Morgan fingerprint density at radius 3 is 1.30 bits per heavy atom. The van der Waals surface area contributed by atoms with E-state index in [2.05, 4.69) is 26.0 Å². The third-order valence-corrected chi connectivity index (χ3v) is 5.29. The topological polar surface area (TPSA) is 73.4 Å². The third kappa shape index (κ3) is 3.09. The van der Waals surface area contributed by atoms with Crippen molar-refractivity contribution in [1.29, 1.82) is 10.5 Å². The lowest BCUT2D eigenvalue weighted by molar-refractivity contribution is 0.930. The Bertz CT molecular complexity index is 1210. The van der Waals surface area contributed by atoms with Crippen molar-refractivity contribution in [2.75, 3.05) is 0 Å². The van der Waals surface area contributed by atoms with E-state index in [1.807, 2.05) is 60.7 Å². The predicted octanol–water partition coefficient (Wildman–Crippen LogP) is 5.83. The van der Waals surface area contributed by atoms with Crippen LogP contribution >= 0.6 is 0 Å². The van der Waals surface area contributed by atoms with Gasteiger partial charge in [-0.25, -0.2) is 9.97 Å². The van der Waals surface area contributed by atoms with Crippen LogP contribution in [-0.4, -0.2) is 9.97 Å². The SMILES string of the molecule is CCc1nc2c(-c3ccccc3)c(C#N)c(C#N)c(-c3ccccc3)c2nc1CC. The van der Waals surface area contributed by atoms with E-state index in [1.165, 1.54) is 0 Å². The monoisotopic (exact) mass is 388 g/mol. The van der Waals surface area contributed by atoms with Gasteiger partial charge in [-0.2, -0.15) is 10.5 Å². The van der Waals surface area contributed by atoms with Crippen molar-refractivity contribution in [3.05, 3.63) is 83.2 Å². The minimum atomic E-state index is 0.343. The van der Waals surface area contributed by atoms with Crippen LogP contribution in [0, 0.1) is 22.7 Å². The summed E-state index contributed by atoms with van der Waals surface area (Å²) in [6.07, 6.45) is 1.51. The summed E-state index contributed by atoms with van der Waals surface area (Å²) in [4.78, 5) is 9.98. The smallest absolute Gasteiger partial charge is 0.101 e. The summed E-state index contributed by atoms with van der Waals surface area (Å²) in [5.41, 5.74) is 6.94. The van der Waals surface area contributed by atoms with Gasteiger partial charge >= 0.3 is 0 Å². The predicted molar refractivity (Wildman–Crippen MR) is 119 cm³/mol. The molecule has 0 aliphatic heterocycles. The molecular formula is C26H20N4. The van der Waals surface area contributed by atoms with Crippen LogP contribution in [0.25, 0.3) is 33.3 Å². The van der Waals surface area contributed by atoms with E-state index in [0.717, 1.165) is 35.4 Å². The molecule has 144 valence electrons. The van der Waals surface area contributed by atoms with Gasteiger partial charge in [0, 0.05) is 11.1 Å². The molecular weight excluding hydrogens is 368 g/mol. The van der Waals surface area contributed by atoms with E-state index < -0.39 is 0 Å². The molecule has 0 atom stereocenters. The number of rotatable bonds is 4. The highest BCUT2D eigenvalue weighted by Gasteiger charge is 2.24. The third-order valence-electron chi connectivity index (χ3n) is 5.29. The molecule has 0 bridgehead atoms. The highest BCUT2D eigenvalue weighted by atomic mass is 14.8. The minimum Gasteiger partial charge on any atom is -0.249 e. The van der Waals surface area contributed by atoms with Crippen LogP contribution in [-0.2, 0) is 12.8 Å². The molecule has 4 nitrogen and oxygen atoms in total. The van der Waals surface area contributed by atoms with E-state index in [9.17, 15) is 10.5 Å². The maximum Gasteiger partial charge on any atom is 0.101 e. The van der Waals surface area contributed by atoms with Crippen molar-refractivity contribution in [2.24, 2.45) is 0 Å². The van der Waals surface area contributed by atoms with E-state index in [-0.39, 0.29) is 0 Å². The van der Waals surface area contributed by atoms with Gasteiger partial charge in [0.15, 0.2) is 0 Å². The second kappa shape index (κ2) is 8.15. The Kier molecular flexibility index (Phi) is 5.24. The molecule has 0 aliphatic rings. The van der Waals surface area contributed by atoms with Gasteiger partial charge in [0.1, 0.15) is 12.1 Å². The van der Waals surface area contributed by atoms with Crippen molar-refractivity contribution in [3.8, 4) is 34.4 Å². The molecule has 4 rings (SSSR count). The first kappa shape index (κ1) is 19.3. The molecule has 0 saturated carbocycles. The molecule has 1 aromatic heterocycles. The molecule has 4 aromatic rings. The lowest BCUT2D eigenvalue weighted by atomic mass is 9.88.